The number of H-pyrrole nitrogens is 2. The van der Waals surface area contributed by atoms with Gasteiger partial charge in [-0.25, -0.2) is 9.78 Å². The highest BCUT2D eigenvalue weighted by atomic mass is 16.5. The van der Waals surface area contributed by atoms with Crippen LogP contribution >= 0.6 is 0 Å². The summed E-state index contributed by atoms with van der Waals surface area (Å²) in [5.41, 5.74) is 1.82. The van der Waals surface area contributed by atoms with Crippen molar-refractivity contribution < 1.29 is 9.84 Å². The fourth-order valence-corrected chi connectivity index (χ4v) is 3.33. The lowest BCUT2D eigenvalue weighted by Gasteiger charge is -2.12. The summed E-state index contributed by atoms with van der Waals surface area (Å²) >= 11 is 0. The molecule has 0 saturated heterocycles. The number of imidazole rings is 1. The molecule has 0 unspecified atom stereocenters. The maximum absolute atomic E-state index is 11.5. The summed E-state index contributed by atoms with van der Waals surface area (Å²) in [6, 6.07) is 9.81. The standard InChI is InChI=1S/C22H23N7O3/c1-12(2)32-16-5-3-4-15(9-16)24-18-10-19(25-14-6-7-14)29-20(27-18)13(11-23-29)8-17-21(30)28-22(31)26-17/h3-5,8-12,14,24,30H,6-7H2,1-2H3,(H2,26,28,31)/b13-8+,25-19?. The van der Waals surface area contributed by atoms with Crippen molar-refractivity contribution in [3.05, 3.63) is 63.4 Å². The van der Waals surface area contributed by atoms with Crippen molar-refractivity contribution >= 4 is 23.2 Å². The Kier molecular flexibility index (Phi) is 4.89. The summed E-state index contributed by atoms with van der Waals surface area (Å²) in [6.07, 6.45) is 5.43. The summed E-state index contributed by atoms with van der Waals surface area (Å²) in [6.45, 7) is 3.96. The Labute approximate surface area is 182 Å². The first-order valence-electron chi connectivity index (χ1n) is 10.4. The van der Waals surface area contributed by atoms with Gasteiger partial charge in [0.15, 0.2) is 11.1 Å². The molecule has 0 radical (unpaired) electrons. The van der Waals surface area contributed by atoms with Gasteiger partial charge in [0.25, 0.3) is 0 Å². The number of rotatable bonds is 6. The molecular formula is C22H23N7O3. The van der Waals surface area contributed by atoms with Crippen molar-refractivity contribution in [3.63, 3.8) is 0 Å². The third-order valence-electron chi connectivity index (χ3n) is 4.86. The van der Waals surface area contributed by atoms with Gasteiger partial charge in [-0.15, -0.1) is 0 Å². The van der Waals surface area contributed by atoms with Crippen molar-refractivity contribution in [2.75, 3.05) is 5.32 Å². The molecule has 1 aromatic carbocycles. The number of aromatic hydroxyl groups is 1. The van der Waals surface area contributed by atoms with E-state index in [1.54, 1.807) is 16.8 Å². The molecule has 5 rings (SSSR count). The van der Waals surface area contributed by atoms with E-state index in [9.17, 15) is 9.90 Å². The molecule has 1 aliphatic rings. The molecule has 4 aromatic rings. The van der Waals surface area contributed by atoms with Gasteiger partial charge in [-0.1, -0.05) is 6.07 Å². The van der Waals surface area contributed by atoms with Gasteiger partial charge in [0, 0.05) is 23.0 Å². The Bertz CT molecular complexity index is 1460. The second kappa shape index (κ2) is 7.88. The van der Waals surface area contributed by atoms with E-state index in [-0.39, 0.29) is 23.7 Å². The van der Waals surface area contributed by atoms with Crippen molar-refractivity contribution in [1.82, 2.24) is 24.6 Å². The molecule has 1 aliphatic carbocycles. The van der Waals surface area contributed by atoms with Crippen LogP contribution in [0.25, 0.3) is 11.7 Å². The van der Waals surface area contributed by atoms with Crippen LogP contribution < -0.4 is 26.4 Å². The molecule has 1 saturated carbocycles. The monoisotopic (exact) mass is 433 g/mol. The summed E-state index contributed by atoms with van der Waals surface area (Å²) < 4.78 is 7.44. The highest BCUT2D eigenvalue weighted by Crippen LogP contribution is 2.23. The molecule has 10 heteroatoms. The minimum Gasteiger partial charge on any atom is -0.493 e. The average molecular weight is 433 g/mol. The van der Waals surface area contributed by atoms with Crippen LogP contribution in [0.1, 0.15) is 32.4 Å². The van der Waals surface area contributed by atoms with Gasteiger partial charge < -0.3 is 20.1 Å². The van der Waals surface area contributed by atoms with Gasteiger partial charge in [-0.2, -0.15) is 9.61 Å². The number of aromatic nitrogens is 5. The maximum Gasteiger partial charge on any atom is 0.326 e. The number of nitrogens with one attached hydrogen (secondary N) is 3. The van der Waals surface area contributed by atoms with E-state index in [2.05, 4.69) is 20.4 Å². The van der Waals surface area contributed by atoms with Crippen LogP contribution in [0.2, 0.25) is 0 Å². The van der Waals surface area contributed by atoms with Crippen LogP contribution in [0.5, 0.6) is 11.6 Å². The van der Waals surface area contributed by atoms with E-state index in [1.165, 1.54) is 0 Å². The Balaban J connectivity index is 1.61. The smallest absolute Gasteiger partial charge is 0.326 e. The minimum atomic E-state index is -0.492. The second-order valence-corrected chi connectivity index (χ2v) is 8.00. The van der Waals surface area contributed by atoms with E-state index in [4.69, 9.17) is 14.7 Å². The summed E-state index contributed by atoms with van der Waals surface area (Å²) in [5, 5.41) is 18.3. The molecule has 4 N–H and O–H groups in total. The molecule has 164 valence electrons. The Morgan fingerprint density at radius 3 is 2.88 bits per heavy atom. The SMILES string of the molecule is CC(C)Oc1cccc(Nc2cc(=NC3CC3)n3nc/c(=C\c4[nH]c(=O)[nH]c4O)c3n2)c1. The van der Waals surface area contributed by atoms with Gasteiger partial charge in [-0.3, -0.25) is 9.98 Å². The zero-order valence-electron chi connectivity index (χ0n) is 17.7. The van der Waals surface area contributed by atoms with Crippen LogP contribution in [-0.4, -0.2) is 41.8 Å². The molecule has 0 amide bonds. The quantitative estimate of drug-likeness (QED) is 0.365. The normalized spacial score (nSPS) is 15.1. The van der Waals surface area contributed by atoms with Crippen molar-refractivity contribution in [2.45, 2.75) is 38.8 Å². The van der Waals surface area contributed by atoms with Crippen LogP contribution in [0.3, 0.4) is 0 Å². The van der Waals surface area contributed by atoms with E-state index in [0.717, 1.165) is 24.3 Å². The Morgan fingerprint density at radius 1 is 1.31 bits per heavy atom. The van der Waals surface area contributed by atoms with Crippen LogP contribution in [0.4, 0.5) is 11.5 Å². The van der Waals surface area contributed by atoms with Crippen molar-refractivity contribution in [3.8, 4) is 11.6 Å². The number of aromatic amines is 2. The molecule has 0 atom stereocenters. The minimum absolute atomic E-state index is 0.0739. The van der Waals surface area contributed by atoms with E-state index < -0.39 is 5.69 Å². The third-order valence-corrected chi connectivity index (χ3v) is 4.86. The number of hydrogen-bond donors (Lipinski definition) is 4. The molecular weight excluding hydrogens is 410 g/mol. The summed E-state index contributed by atoms with van der Waals surface area (Å²) in [4.78, 5) is 25.8. The van der Waals surface area contributed by atoms with Gasteiger partial charge in [0.1, 0.15) is 17.3 Å². The first kappa shape index (κ1) is 19.9. The average Bonchev–Trinajstić information content (AvgIpc) is 3.36. The topological polar surface area (TPSA) is 133 Å². The van der Waals surface area contributed by atoms with E-state index >= 15 is 0 Å². The Hall–Kier alpha value is -4.08. The van der Waals surface area contributed by atoms with E-state index in [1.807, 2.05) is 44.2 Å². The zero-order chi connectivity index (χ0) is 22.2. The lowest BCUT2D eigenvalue weighted by Crippen LogP contribution is -2.19. The lowest BCUT2D eigenvalue weighted by atomic mass is 10.3. The third kappa shape index (κ3) is 4.20. The molecule has 0 aliphatic heterocycles. The van der Waals surface area contributed by atoms with Gasteiger partial charge in [0.2, 0.25) is 5.88 Å². The van der Waals surface area contributed by atoms with Crippen LogP contribution in [0, 0.1) is 0 Å². The molecule has 0 bridgehead atoms. The fraction of sp³-hybridized carbons (Fsp3) is 0.273. The predicted molar refractivity (Wildman–Crippen MR) is 119 cm³/mol. The largest absolute Gasteiger partial charge is 0.493 e. The first-order chi connectivity index (χ1) is 15.4. The van der Waals surface area contributed by atoms with Gasteiger partial charge in [-0.05, 0) is 44.9 Å². The molecule has 10 nitrogen and oxygen atoms in total. The highest BCUT2D eigenvalue weighted by Gasteiger charge is 2.20. The fourth-order valence-electron chi connectivity index (χ4n) is 3.33. The zero-order valence-corrected chi connectivity index (χ0v) is 17.7. The van der Waals surface area contributed by atoms with E-state index in [0.29, 0.717) is 22.2 Å². The number of fused-ring (bicyclic) bond motifs is 1. The summed E-state index contributed by atoms with van der Waals surface area (Å²) in [7, 11) is 0. The van der Waals surface area contributed by atoms with Crippen molar-refractivity contribution in [1.29, 1.82) is 0 Å². The van der Waals surface area contributed by atoms with Crippen molar-refractivity contribution in [2.24, 2.45) is 4.99 Å². The van der Waals surface area contributed by atoms with Gasteiger partial charge >= 0.3 is 5.69 Å². The Morgan fingerprint density at radius 2 is 2.16 bits per heavy atom. The molecule has 0 spiro atoms. The molecule has 3 aromatic heterocycles. The number of hydrogen-bond acceptors (Lipinski definition) is 7. The number of anilines is 2. The molecule has 32 heavy (non-hydrogen) atoms. The van der Waals surface area contributed by atoms with Gasteiger partial charge in [0.05, 0.1) is 18.3 Å². The number of ether oxygens (including phenoxy) is 1. The van der Waals surface area contributed by atoms with Crippen LogP contribution in [0.15, 0.2) is 46.3 Å². The molecule has 1 fully saturated rings. The number of nitrogens with zero attached hydrogens (tertiary/aromatic N) is 4. The lowest BCUT2D eigenvalue weighted by molar-refractivity contribution is 0.242. The predicted octanol–water partition coefficient (Wildman–Crippen LogP) is 1.59. The highest BCUT2D eigenvalue weighted by molar-refractivity contribution is 5.62. The molecule has 3 heterocycles. The number of benzene rings is 1. The maximum atomic E-state index is 11.5. The second-order valence-electron chi connectivity index (χ2n) is 8.00. The first-order valence-corrected chi connectivity index (χ1v) is 10.4. The van der Waals surface area contributed by atoms with Crippen LogP contribution in [-0.2, 0) is 0 Å². The summed E-state index contributed by atoms with van der Waals surface area (Å²) in [5.74, 6) is 1.12.